The number of nitrogens with zero attached hydrogens (tertiary/aromatic N) is 1. The summed E-state index contributed by atoms with van der Waals surface area (Å²) < 4.78 is 5.43. The highest BCUT2D eigenvalue weighted by atomic mass is 32.1. The summed E-state index contributed by atoms with van der Waals surface area (Å²) in [6.45, 7) is 7.32. The lowest BCUT2D eigenvalue weighted by Gasteiger charge is -2.40. The molecule has 104 valence electrons. The number of likely N-dealkylation sites (tertiary alicyclic amines) is 1. The summed E-state index contributed by atoms with van der Waals surface area (Å²) in [6.07, 6.45) is 1.70. The van der Waals surface area contributed by atoms with E-state index in [1.54, 1.807) is 7.11 Å². The Balaban J connectivity index is 2.81. The van der Waals surface area contributed by atoms with Crippen LogP contribution in [0, 0.1) is 11.3 Å². The zero-order chi connectivity index (χ0) is 13.9. The highest BCUT2D eigenvalue weighted by molar-refractivity contribution is 7.80. The quantitative estimate of drug-likeness (QED) is 0.789. The van der Waals surface area contributed by atoms with Crippen molar-refractivity contribution in [3.05, 3.63) is 0 Å². The Morgan fingerprint density at radius 3 is 2.67 bits per heavy atom. The average Bonchev–Trinajstić information content (AvgIpc) is 2.37. The normalized spacial score (nSPS) is 27.7. The number of nitrogens with two attached hydrogens (primary N) is 1. The minimum Gasteiger partial charge on any atom is -0.392 e. The Kier molecular flexibility index (Phi) is 5.10. The molecular formula is C13H24N2O2S. The molecule has 18 heavy (non-hydrogen) atoms. The van der Waals surface area contributed by atoms with Crippen LogP contribution < -0.4 is 5.73 Å². The van der Waals surface area contributed by atoms with Gasteiger partial charge in [0.2, 0.25) is 5.91 Å². The van der Waals surface area contributed by atoms with Gasteiger partial charge in [0, 0.05) is 20.2 Å². The summed E-state index contributed by atoms with van der Waals surface area (Å²) in [5.41, 5.74) is 5.01. The Bertz CT molecular complexity index is 335. The first-order chi connectivity index (χ1) is 8.36. The Hall–Kier alpha value is -0.680. The van der Waals surface area contributed by atoms with Crippen LogP contribution in [-0.4, -0.2) is 42.1 Å². The summed E-state index contributed by atoms with van der Waals surface area (Å²) in [5, 5.41) is 0. The van der Waals surface area contributed by atoms with E-state index in [9.17, 15) is 4.79 Å². The van der Waals surface area contributed by atoms with E-state index in [0.29, 0.717) is 18.9 Å². The van der Waals surface area contributed by atoms with E-state index in [1.807, 2.05) is 18.7 Å². The molecule has 1 saturated heterocycles. The first-order valence-corrected chi connectivity index (χ1v) is 6.89. The van der Waals surface area contributed by atoms with Crippen molar-refractivity contribution in [2.75, 3.05) is 20.2 Å². The van der Waals surface area contributed by atoms with Crippen LogP contribution >= 0.6 is 12.2 Å². The van der Waals surface area contributed by atoms with E-state index in [4.69, 9.17) is 22.7 Å². The standard InChI is InChI=1S/C13H24N2O2S/c1-5-13(3,11(14)18)12(16)15-7-6-9(2)10(8-15)17-4/h9-10H,5-8H2,1-4H3,(H2,14,18). The first kappa shape index (κ1) is 15.4. The number of hydrogen-bond donors (Lipinski definition) is 1. The minimum atomic E-state index is -0.728. The molecule has 0 bridgehead atoms. The average molecular weight is 272 g/mol. The highest BCUT2D eigenvalue weighted by Gasteiger charge is 2.40. The Labute approximate surface area is 115 Å². The van der Waals surface area contributed by atoms with Gasteiger partial charge in [-0.3, -0.25) is 4.79 Å². The van der Waals surface area contributed by atoms with Crippen LogP contribution in [0.25, 0.3) is 0 Å². The highest BCUT2D eigenvalue weighted by Crippen LogP contribution is 2.28. The molecule has 4 nitrogen and oxygen atoms in total. The van der Waals surface area contributed by atoms with E-state index in [-0.39, 0.29) is 17.0 Å². The fraction of sp³-hybridized carbons (Fsp3) is 0.846. The van der Waals surface area contributed by atoms with Crippen LogP contribution in [0.5, 0.6) is 0 Å². The molecule has 1 amide bonds. The molecule has 0 aromatic heterocycles. The smallest absolute Gasteiger partial charge is 0.235 e. The Morgan fingerprint density at radius 1 is 1.61 bits per heavy atom. The number of piperidine rings is 1. The fourth-order valence-corrected chi connectivity index (χ4v) is 2.54. The second-order valence-corrected chi connectivity index (χ2v) is 5.78. The van der Waals surface area contributed by atoms with E-state index < -0.39 is 5.41 Å². The van der Waals surface area contributed by atoms with E-state index in [2.05, 4.69) is 6.92 Å². The lowest BCUT2D eigenvalue weighted by Crippen LogP contribution is -2.54. The first-order valence-electron chi connectivity index (χ1n) is 6.48. The second kappa shape index (κ2) is 5.97. The molecule has 1 rings (SSSR count). The van der Waals surface area contributed by atoms with Crippen LogP contribution in [0.2, 0.25) is 0 Å². The summed E-state index contributed by atoms with van der Waals surface area (Å²) in [5.74, 6) is 0.517. The molecule has 0 radical (unpaired) electrons. The van der Waals surface area contributed by atoms with E-state index in [1.165, 1.54) is 0 Å². The molecule has 2 N–H and O–H groups in total. The summed E-state index contributed by atoms with van der Waals surface area (Å²) in [6, 6.07) is 0. The summed E-state index contributed by atoms with van der Waals surface area (Å²) in [4.78, 5) is 14.7. The lowest BCUT2D eigenvalue weighted by atomic mass is 9.84. The van der Waals surface area contributed by atoms with Crippen LogP contribution in [0.1, 0.15) is 33.6 Å². The molecule has 3 unspecified atom stereocenters. The number of hydrogen-bond acceptors (Lipinski definition) is 3. The fourth-order valence-electron chi connectivity index (χ4n) is 2.30. The predicted molar refractivity (Wildman–Crippen MR) is 76.3 cm³/mol. The van der Waals surface area contributed by atoms with Crippen molar-refractivity contribution in [2.45, 2.75) is 39.7 Å². The van der Waals surface area contributed by atoms with Crippen molar-refractivity contribution in [1.29, 1.82) is 0 Å². The third kappa shape index (κ3) is 2.83. The zero-order valence-corrected chi connectivity index (χ0v) is 12.5. The maximum absolute atomic E-state index is 12.6. The molecule has 3 atom stereocenters. The van der Waals surface area contributed by atoms with Gasteiger partial charge in [0.1, 0.15) is 0 Å². The molecular weight excluding hydrogens is 248 g/mol. The molecule has 0 spiro atoms. The van der Waals surface area contributed by atoms with Gasteiger partial charge in [0.05, 0.1) is 16.5 Å². The van der Waals surface area contributed by atoms with Gasteiger partial charge in [-0.25, -0.2) is 0 Å². The van der Waals surface area contributed by atoms with Crippen molar-refractivity contribution in [1.82, 2.24) is 4.90 Å². The van der Waals surface area contributed by atoms with Crippen LogP contribution in [0.3, 0.4) is 0 Å². The van der Waals surface area contributed by atoms with Crippen molar-refractivity contribution in [3.63, 3.8) is 0 Å². The zero-order valence-electron chi connectivity index (χ0n) is 11.7. The Morgan fingerprint density at radius 2 is 2.22 bits per heavy atom. The van der Waals surface area contributed by atoms with Gasteiger partial charge in [0.15, 0.2) is 0 Å². The number of carbonyl (C=O) groups excluding carboxylic acids is 1. The number of amides is 1. The lowest BCUT2D eigenvalue weighted by molar-refractivity contribution is -0.142. The van der Waals surface area contributed by atoms with Gasteiger partial charge < -0.3 is 15.4 Å². The molecule has 1 aliphatic rings. The monoisotopic (exact) mass is 272 g/mol. The largest absolute Gasteiger partial charge is 0.392 e. The molecule has 0 aliphatic carbocycles. The van der Waals surface area contributed by atoms with Gasteiger partial charge in [-0.2, -0.15) is 0 Å². The van der Waals surface area contributed by atoms with E-state index >= 15 is 0 Å². The maximum atomic E-state index is 12.6. The van der Waals surface area contributed by atoms with Crippen LogP contribution in [0.15, 0.2) is 0 Å². The SMILES string of the molecule is CCC(C)(C(=O)N1CCC(C)C(OC)C1)C(N)=S. The van der Waals surface area contributed by atoms with Crippen LogP contribution in [-0.2, 0) is 9.53 Å². The van der Waals surface area contributed by atoms with Crippen molar-refractivity contribution >= 4 is 23.1 Å². The van der Waals surface area contributed by atoms with Crippen molar-refractivity contribution in [2.24, 2.45) is 17.1 Å². The third-order valence-electron chi connectivity index (χ3n) is 4.20. The topological polar surface area (TPSA) is 55.6 Å². The third-order valence-corrected chi connectivity index (χ3v) is 4.65. The minimum absolute atomic E-state index is 0.0338. The molecule has 5 heteroatoms. The van der Waals surface area contributed by atoms with E-state index in [0.717, 1.165) is 13.0 Å². The summed E-state index contributed by atoms with van der Waals surface area (Å²) in [7, 11) is 1.70. The number of ether oxygens (including phenoxy) is 1. The molecule has 1 heterocycles. The van der Waals surface area contributed by atoms with Crippen molar-refractivity contribution < 1.29 is 9.53 Å². The number of carbonyl (C=O) groups is 1. The van der Waals surface area contributed by atoms with Gasteiger partial charge in [0.25, 0.3) is 0 Å². The van der Waals surface area contributed by atoms with Crippen LogP contribution in [0.4, 0.5) is 0 Å². The molecule has 0 aromatic carbocycles. The second-order valence-electron chi connectivity index (χ2n) is 5.34. The maximum Gasteiger partial charge on any atom is 0.235 e. The molecule has 0 aromatic rings. The molecule has 0 saturated carbocycles. The summed E-state index contributed by atoms with van der Waals surface area (Å²) >= 11 is 5.06. The van der Waals surface area contributed by atoms with Crippen molar-refractivity contribution in [3.8, 4) is 0 Å². The van der Waals surface area contributed by atoms with Gasteiger partial charge in [-0.1, -0.05) is 26.1 Å². The van der Waals surface area contributed by atoms with Gasteiger partial charge in [-0.05, 0) is 25.7 Å². The number of methoxy groups -OCH3 is 1. The van der Waals surface area contributed by atoms with Gasteiger partial charge in [-0.15, -0.1) is 0 Å². The molecule has 1 fully saturated rings. The van der Waals surface area contributed by atoms with Gasteiger partial charge >= 0.3 is 0 Å². The predicted octanol–water partition coefficient (Wildman–Crippen LogP) is 1.57. The number of thiocarbonyl (C=S) groups is 1. The number of rotatable bonds is 4. The molecule has 1 aliphatic heterocycles.